The highest BCUT2D eigenvalue weighted by atomic mass is 16.3. The lowest BCUT2D eigenvalue weighted by atomic mass is 9.86. The number of fused-ring (bicyclic) bond motifs is 3. The maximum absolute atomic E-state index is 12.3. The summed E-state index contributed by atoms with van der Waals surface area (Å²) in [5.41, 5.74) is 1.49. The van der Waals surface area contributed by atoms with E-state index in [0.717, 1.165) is 18.1 Å². The Hall–Kier alpha value is -1.23. The molecule has 3 rings (SSSR count). The molecule has 1 amide bonds. The summed E-state index contributed by atoms with van der Waals surface area (Å²) in [6.45, 7) is 5.93. The van der Waals surface area contributed by atoms with Gasteiger partial charge >= 0.3 is 0 Å². The van der Waals surface area contributed by atoms with E-state index in [1.54, 1.807) is 0 Å². The molecule has 2 aliphatic carbocycles. The summed E-state index contributed by atoms with van der Waals surface area (Å²) in [5.74, 6) is 1.30. The lowest BCUT2D eigenvalue weighted by Crippen LogP contribution is -2.49. The first-order valence-electron chi connectivity index (χ1n) is 6.99. The summed E-state index contributed by atoms with van der Waals surface area (Å²) >= 11 is 0. The van der Waals surface area contributed by atoms with Crippen molar-refractivity contribution in [3.63, 3.8) is 0 Å². The minimum absolute atomic E-state index is 0.0633. The Kier molecular flexibility index (Phi) is 2.78. The molecule has 0 radical (unpaired) electrons. The van der Waals surface area contributed by atoms with Crippen LogP contribution in [0.4, 0.5) is 0 Å². The summed E-state index contributed by atoms with van der Waals surface area (Å²) in [5, 5.41) is 20.6. The van der Waals surface area contributed by atoms with E-state index >= 15 is 0 Å². The van der Waals surface area contributed by atoms with E-state index in [9.17, 15) is 9.90 Å². The molecule has 104 valence electrons. The molecule has 0 spiro atoms. The van der Waals surface area contributed by atoms with Gasteiger partial charge in [-0.2, -0.15) is 5.10 Å². The number of amides is 1. The largest absolute Gasteiger partial charge is 0.394 e. The van der Waals surface area contributed by atoms with Crippen LogP contribution in [0.5, 0.6) is 0 Å². The molecule has 0 aromatic heterocycles. The zero-order valence-electron chi connectivity index (χ0n) is 11.7. The lowest BCUT2D eigenvalue weighted by molar-refractivity contribution is -0.116. The molecule has 2 saturated carbocycles. The Balaban J connectivity index is 1.66. The fourth-order valence-electron chi connectivity index (χ4n) is 3.10. The summed E-state index contributed by atoms with van der Waals surface area (Å²) in [7, 11) is 0. The minimum atomic E-state index is -0.261. The molecule has 3 unspecified atom stereocenters. The highest BCUT2D eigenvalue weighted by Crippen LogP contribution is 2.54. The van der Waals surface area contributed by atoms with Crippen LogP contribution in [0.25, 0.3) is 0 Å². The lowest BCUT2D eigenvalue weighted by Gasteiger charge is -2.30. The number of aliphatic hydroxyl groups excluding tert-OH is 1. The van der Waals surface area contributed by atoms with Gasteiger partial charge in [-0.1, -0.05) is 20.8 Å². The monoisotopic (exact) mass is 263 g/mol. The quantitative estimate of drug-likeness (QED) is 0.796. The molecule has 3 aliphatic rings. The van der Waals surface area contributed by atoms with E-state index in [0.29, 0.717) is 11.6 Å². The first-order chi connectivity index (χ1) is 8.91. The molecule has 4 atom stereocenters. The molecular weight excluding hydrogens is 242 g/mol. The topological polar surface area (TPSA) is 74.0 Å². The second kappa shape index (κ2) is 4.13. The second-order valence-electron chi connectivity index (χ2n) is 6.98. The first kappa shape index (κ1) is 12.8. The van der Waals surface area contributed by atoms with Crippen LogP contribution in [0, 0.1) is 23.2 Å². The molecule has 5 heteroatoms. The Labute approximate surface area is 113 Å². The SMILES string of the molecule is CC(C)(C)[C@@H](CO)NC(=O)C1=NN=C2C1CC1CC21. The van der Waals surface area contributed by atoms with Gasteiger partial charge in [0.15, 0.2) is 0 Å². The van der Waals surface area contributed by atoms with Crippen molar-refractivity contribution < 1.29 is 9.90 Å². The standard InChI is InChI=1S/C14H21N3O2/c1-14(2,3)10(6-18)15-13(19)12-9-5-7-4-8(7)11(9)16-17-12/h7-10,18H,4-6H2,1-3H3,(H,15,19)/t7?,8?,9?,10-/m1/s1. The number of carbonyl (C=O) groups excluding carboxylic acids is 1. The van der Waals surface area contributed by atoms with Crippen molar-refractivity contribution in [3.8, 4) is 0 Å². The van der Waals surface area contributed by atoms with Gasteiger partial charge < -0.3 is 10.4 Å². The molecule has 0 aromatic carbocycles. The van der Waals surface area contributed by atoms with Gasteiger partial charge in [0.05, 0.1) is 18.4 Å². The third-order valence-corrected chi connectivity index (χ3v) is 4.57. The van der Waals surface area contributed by atoms with Crippen molar-refractivity contribution in [3.05, 3.63) is 0 Å². The zero-order valence-corrected chi connectivity index (χ0v) is 11.7. The van der Waals surface area contributed by atoms with Crippen LogP contribution in [0.15, 0.2) is 10.2 Å². The van der Waals surface area contributed by atoms with Gasteiger partial charge in [-0.05, 0) is 24.2 Å². The maximum atomic E-state index is 12.3. The number of hydrogen-bond acceptors (Lipinski definition) is 4. The molecule has 0 aromatic rings. The van der Waals surface area contributed by atoms with Gasteiger partial charge in [-0.3, -0.25) is 4.79 Å². The molecular formula is C14H21N3O2. The molecule has 1 heterocycles. The fourth-order valence-corrected chi connectivity index (χ4v) is 3.10. The predicted octanol–water partition coefficient (Wildman–Crippen LogP) is 0.976. The van der Waals surface area contributed by atoms with E-state index in [2.05, 4.69) is 15.5 Å². The number of hydrogen-bond donors (Lipinski definition) is 2. The van der Waals surface area contributed by atoms with Gasteiger partial charge in [0.2, 0.25) is 0 Å². The van der Waals surface area contributed by atoms with Crippen LogP contribution in [-0.4, -0.2) is 35.1 Å². The van der Waals surface area contributed by atoms with Crippen molar-refractivity contribution in [1.82, 2.24) is 5.32 Å². The Morgan fingerprint density at radius 3 is 2.79 bits per heavy atom. The van der Waals surface area contributed by atoms with Crippen LogP contribution in [0.3, 0.4) is 0 Å². The van der Waals surface area contributed by atoms with Crippen LogP contribution in [0.2, 0.25) is 0 Å². The average Bonchev–Trinajstić information content (AvgIpc) is 2.82. The number of nitrogens with one attached hydrogen (secondary N) is 1. The Morgan fingerprint density at radius 2 is 2.16 bits per heavy atom. The Morgan fingerprint density at radius 1 is 1.42 bits per heavy atom. The van der Waals surface area contributed by atoms with Crippen molar-refractivity contribution in [2.24, 2.45) is 33.4 Å². The van der Waals surface area contributed by atoms with Crippen LogP contribution in [-0.2, 0) is 4.79 Å². The maximum Gasteiger partial charge on any atom is 0.268 e. The average molecular weight is 263 g/mol. The number of nitrogens with zero attached hydrogens (tertiary/aromatic N) is 2. The molecule has 0 saturated heterocycles. The Bertz CT molecular complexity index is 476. The molecule has 5 nitrogen and oxygen atoms in total. The van der Waals surface area contributed by atoms with Gasteiger partial charge in [0.1, 0.15) is 5.71 Å². The van der Waals surface area contributed by atoms with Crippen LogP contribution in [0.1, 0.15) is 33.6 Å². The highest BCUT2D eigenvalue weighted by Gasteiger charge is 2.55. The van der Waals surface area contributed by atoms with Gasteiger partial charge in [-0.15, -0.1) is 5.10 Å². The summed E-state index contributed by atoms with van der Waals surface area (Å²) in [6.07, 6.45) is 2.25. The van der Waals surface area contributed by atoms with E-state index < -0.39 is 0 Å². The third-order valence-electron chi connectivity index (χ3n) is 4.57. The number of carbonyl (C=O) groups is 1. The predicted molar refractivity (Wildman–Crippen MR) is 73.0 cm³/mol. The van der Waals surface area contributed by atoms with Crippen molar-refractivity contribution in [2.45, 2.75) is 39.7 Å². The van der Waals surface area contributed by atoms with E-state index in [1.807, 2.05) is 20.8 Å². The minimum Gasteiger partial charge on any atom is -0.394 e. The van der Waals surface area contributed by atoms with E-state index in [-0.39, 0.29) is 29.9 Å². The molecule has 1 aliphatic heterocycles. The third kappa shape index (κ3) is 2.10. The normalized spacial score (nSPS) is 33.2. The van der Waals surface area contributed by atoms with Gasteiger partial charge in [0.25, 0.3) is 5.91 Å². The number of aliphatic hydroxyl groups is 1. The van der Waals surface area contributed by atoms with Gasteiger partial charge in [0, 0.05) is 11.8 Å². The molecule has 0 bridgehead atoms. The number of rotatable bonds is 3. The van der Waals surface area contributed by atoms with Gasteiger partial charge in [-0.25, -0.2) is 0 Å². The van der Waals surface area contributed by atoms with E-state index in [4.69, 9.17) is 0 Å². The molecule has 19 heavy (non-hydrogen) atoms. The van der Waals surface area contributed by atoms with Crippen LogP contribution < -0.4 is 5.32 Å². The van der Waals surface area contributed by atoms with Crippen molar-refractivity contribution in [1.29, 1.82) is 0 Å². The van der Waals surface area contributed by atoms with Crippen molar-refractivity contribution in [2.75, 3.05) is 6.61 Å². The first-order valence-corrected chi connectivity index (χ1v) is 6.99. The molecule has 2 fully saturated rings. The second-order valence-corrected chi connectivity index (χ2v) is 6.98. The molecule has 2 N–H and O–H groups in total. The van der Waals surface area contributed by atoms with E-state index in [1.165, 1.54) is 6.42 Å². The fraction of sp³-hybridized carbons (Fsp3) is 0.786. The van der Waals surface area contributed by atoms with Crippen LogP contribution >= 0.6 is 0 Å². The zero-order chi connectivity index (χ0) is 13.8. The smallest absolute Gasteiger partial charge is 0.268 e. The summed E-state index contributed by atoms with van der Waals surface area (Å²) < 4.78 is 0. The van der Waals surface area contributed by atoms with Crippen molar-refractivity contribution >= 4 is 17.3 Å². The highest BCUT2D eigenvalue weighted by molar-refractivity contribution is 6.45. The summed E-state index contributed by atoms with van der Waals surface area (Å²) in [4.78, 5) is 12.3. The summed E-state index contributed by atoms with van der Waals surface area (Å²) in [6, 6.07) is -0.261.